The Bertz CT molecular complexity index is 313. The molecule has 1 aromatic rings. The third kappa shape index (κ3) is 2.36. The van der Waals surface area contributed by atoms with Gasteiger partial charge in [0, 0.05) is 6.54 Å². The van der Waals surface area contributed by atoms with E-state index >= 15 is 0 Å². The van der Waals surface area contributed by atoms with Gasteiger partial charge in [-0.15, -0.1) is 0 Å². The monoisotopic (exact) mass is 212 g/mol. The Morgan fingerprint density at radius 1 is 1.50 bits per heavy atom. The summed E-state index contributed by atoms with van der Waals surface area (Å²) in [5, 5.41) is 12.8. The van der Waals surface area contributed by atoms with Crippen LogP contribution in [0.5, 0.6) is 0 Å². The fraction of sp³-hybridized carbons (Fsp3) is 0.500. The molecular formula is C10H13ClN2O. The Labute approximate surface area is 88.1 Å². The van der Waals surface area contributed by atoms with Crippen molar-refractivity contribution in [1.29, 1.82) is 0 Å². The Hall–Kier alpha value is -0.800. The molecule has 0 saturated heterocycles. The van der Waals surface area contributed by atoms with Crippen molar-refractivity contribution < 1.29 is 5.11 Å². The normalized spacial score (nSPS) is 25.6. The third-order valence-electron chi connectivity index (χ3n) is 2.50. The number of hydrogen-bond donors (Lipinski definition) is 2. The van der Waals surface area contributed by atoms with Gasteiger partial charge in [-0.25, -0.2) is 4.98 Å². The van der Waals surface area contributed by atoms with E-state index in [1.807, 2.05) is 12.1 Å². The van der Waals surface area contributed by atoms with Crippen LogP contribution in [0.4, 0.5) is 5.82 Å². The van der Waals surface area contributed by atoms with E-state index in [9.17, 15) is 0 Å². The van der Waals surface area contributed by atoms with Crippen molar-refractivity contribution in [3.63, 3.8) is 0 Å². The number of aliphatic hydroxyl groups excluding tert-OH is 1. The highest BCUT2D eigenvalue weighted by Gasteiger charge is 2.26. The first kappa shape index (κ1) is 9.74. The van der Waals surface area contributed by atoms with Crippen molar-refractivity contribution in [3.8, 4) is 0 Å². The molecule has 0 aliphatic heterocycles. The molecule has 1 aliphatic carbocycles. The molecule has 0 spiro atoms. The standard InChI is InChI=1S/C10H13ClN2O/c11-9-2-1-3-10(13-9)12-6-7-4-8(14)5-7/h1-3,7-8,14H,4-6H2,(H,12,13). The second-order valence-corrected chi connectivity index (χ2v) is 4.10. The highest BCUT2D eigenvalue weighted by Crippen LogP contribution is 2.27. The van der Waals surface area contributed by atoms with Gasteiger partial charge in [0.25, 0.3) is 0 Å². The van der Waals surface area contributed by atoms with Gasteiger partial charge in [-0.3, -0.25) is 0 Å². The average Bonchev–Trinajstić information content (AvgIpc) is 2.11. The summed E-state index contributed by atoms with van der Waals surface area (Å²) in [5.74, 6) is 1.38. The van der Waals surface area contributed by atoms with Crippen molar-refractivity contribution in [2.75, 3.05) is 11.9 Å². The molecule has 2 N–H and O–H groups in total. The number of aliphatic hydroxyl groups is 1. The molecule has 1 saturated carbocycles. The highest BCUT2D eigenvalue weighted by molar-refractivity contribution is 6.29. The van der Waals surface area contributed by atoms with Gasteiger partial charge in [0.2, 0.25) is 0 Å². The van der Waals surface area contributed by atoms with E-state index < -0.39 is 0 Å². The fourth-order valence-electron chi connectivity index (χ4n) is 1.62. The van der Waals surface area contributed by atoms with Crippen molar-refractivity contribution in [2.24, 2.45) is 5.92 Å². The lowest BCUT2D eigenvalue weighted by Gasteiger charge is -2.31. The van der Waals surface area contributed by atoms with Crippen molar-refractivity contribution in [3.05, 3.63) is 23.4 Å². The number of pyridine rings is 1. The van der Waals surface area contributed by atoms with E-state index in [2.05, 4.69) is 10.3 Å². The number of hydrogen-bond acceptors (Lipinski definition) is 3. The number of rotatable bonds is 3. The maximum absolute atomic E-state index is 9.10. The van der Waals surface area contributed by atoms with Crippen LogP contribution in [-0.2, 0) is 0 Å². The number of halogens is 1. The zero-order chi connectivity index (χ0) is 9.97. The molecule has 3 nitrogen and oxygen atoms in total. The summed E-state index contributed by atoms with van der Waals surface area (Å²) in [6.07, 6.45) is 1.70. The zero-order valence-corrected chi connectivity index (χ0v) is 8.54. The molecule has 76 valence electrons. The smallest absolute Gasteiger partial charge is 0.131 e. The first-order valence-corrected chi connectivity index (χ1v) is 5.16. The first-order valence-electron chi connectivity index (χ1n) is 4.78. The fourth-order valence-corrected chi connectivity index (χ4v) is 1.79. The zero-order valence-electron chi connectivity index (χ0n) is 7.78. The Balaban J connectivity index is 1.80. The molecule has 1 heterocycles. The summed E-state index contributed by atoms with van der Waals surface area (Å²) in [4.78, 5) is 4.11. The summed E-state index contributed by atoms with van der Waals surface area (Å²) in [6.45, 7) is 0.865. The van der Waals surface area contributed by atoms with E-state index in [1.54, 1.807) is 6.07 Å². The Morgan fingerprint density at radius 3 is 2.93 bits per heavy atom. The lowest BCUT2D eigenvalue weighted by Crippen LogP contribution is -2.33. The van der Waals surface area contributed by atoms with Crippen LogP contribution in [0.25, 0.3) is 0 Å². The predicted octanol–water partition coefficient (Wildman–Crippen LogP) is 1.92. The first-order chi connectivity index (χ1) is 6.74. The molecule has 0 aromatic carbocycles. The summed E-state index contributed by atoms with van der Waals surface area (Å²) in [6, 6.07) is 5.51. The highest BCUT2D eigenvalue weighted by atomic mass is 35.5. The molecule has 0 amide bonds. The number of nitrogens with one attached hydrogen (secondary N) is 1. The molecule has 0 atom stereocenters. The van der Waals surface area contributed by atoms with Gasteiger partial charge in [-0.1, -0.05) is 17.7 Å². The maximum Gasteiger partial charge on any atom is 0.131 e. The predicted molar refractivity (Wildman–Crippen MR) is 56.5 cm³/mol. The molecular weight excluding hydrogens is 200 g/mol. The SMILES string of the molecule is OC1CC(CNc2cccc(Cl)n2)C1. The molecule has 0 radical (unpaired) electrons. The maximum atomic E-state index is 9.10. The van der Waals surface area contributed by atoms with E-state index in [1.165, 1.54) is 0 Å². The van der Waals surface area contributed by atoms with Crippen molar-refractivity contribution >= 4 is 17.4 Å². The van der Waals surface area contributed by atoms with Gasteiger partial charge in [-0.05, 0) is 30.9 Å². The quantitative estimate of drug-likeness (QED) is 0.753. The van der Waals surface area contributed by atoms with Gasteiger partial charge in [0.15, 0.2) is 0 Å². The molecule has 1 fully saturated rings. The molecule has 0 bridgehead atoms. The summed E-state index contributed by atoms with van der Waals surface area (Å²) in [7, 11) is 0. The van der Waals surface area contributed by atoms with Crippen LogP contribution in [0.1, 0.15) is 12.8 Å². The second kappa shape index (κ2) is 4.15. The summed E-state index contributed by atoms with van der Waals surface area (Å²) in [5.41, 5.74) is 0. The Morgan fingerprint density at radius 2 is 2.29 bits per heavy atom. The van der Waals surface area contributed by atoms with E-state index in [-0.39, 0.29) is 6.10 Å². The van der Waals surface area contributed by atoms with Crippen molar-refractivity contribution in [2.45, 2.75) is 18.9 Å². The van der Waals surface area contributed by atoms with E-state index in [0.717, 1.165) is 25.2 Å². The molecule has 1 aliphatic rings. The third-order valence-corrected chi connectivity index (χ3v) is 2.71. The van der Waals surface area contributed by atoms with Crippen LogP contribution < -0.4 is 5.32 Å². The summed E-state index contributed by atoms with van der Waals surface area (Å²) < 4.78 is 0. The minimum Gasteiger partial charge on any atom is -0.393 e. The number of nitrogens with zero attached hydrogens (tertiary/aromatic N) is 1. The van der Waals surface area contributed by atoms with Crippen LogP contribution >= 0.6 is 11.6 Å². The van der Waals surface area contributed by atoms with E-state index in [4.69, 9.17) is 16.7 Å². The van der Waals surface area contributed by atoms with Crippen LogP contribution in [0.2, 0.25) is 5.15 Å². The molecule has 2 rings (SSSR count). The largest absolute Gasteiger partial charge is 0.393 e. The second-order valence-electron chi connectivity index (χ2n) is 3.72. The van der Waals surface area contributed by atoms with Gasteiger partial charge >= 0.3 is 0 Å². The van der Waals surface area contributed by atoms with Crippen LogP contribution in [0.15, 0.2) is 18.2 Å². The molecule has 0 unspecified atom stereocenters. The van der Waals surface area contributed by atoms with Crippen LogP contribution in [0, 0.1) is 5.92 Å². The molecule has 14 heavy (non-hydrogen) atoms. The number of anilines is 1. The van der Waals surface area contributed by atoms with Crippen LogP contribution in [0.3, 0.4) is 0 Å². The van der Waals surface area contributed by atoms with Gasteiger partial charge in [-0.2, -0.15) is 0 Å². The molecule has 4 heteroatoms. The topological polar surface area (TPSA) is 45.1 Å². The van der Waals surface area contributed by atoms with Gasteiger partial charge in [0.05, 0.1) is 6.10 Å². The number of aromatic nitrogens is 1. The minimum atomic E-state index is -0.0888. The van der Waals surface area contributed by atoms with Gasteiger partial charge < -0.3 is 10.4 Å². The molecule has 1 aromatic heterocycles. The van der Waals surface area contributed by atoms with Gasteiger partial charge in [0.1, 0.15) is 11.0 Å². The van der Waals surface area contributed by atoms with E-state index in [0.29, 0.717) is 11.1 Å². The van der Waals surface area contributed by atoms with Crippen LogP contribution in [-0.4, -0.2) is 22.7 Å². The average molecular weight is 213 g/mol. The lowest BCUT2D eigenvalue weighted by molar-refractivity contribution is 0.0486. The summed E-state index contributed by atoms with van der Waals surface area (Å²) >= 11 is 5.74. The minimum absolute atomic E-state index is 0.0888. The lowest BCUT2D eigenvalue weighted by atomic mass is 9.82. The Kier molecular flexibility index (Phi) is 2.89. The van der Waals surface area contributed by atoms with Crippen molar-refractivity contribution in [1.82, 2.24) is 4.98 Å².